The Morgan fingerprint density at radius 1 is 0.279 bits per heavy atom. The molecule has 2 heterocycles. The minimum Gasteiger partial charge on any atom is -0.309 e. The third-order valence-electron chi connectivity index (χ3n) is 12.2. The van der Waals surface area contributed by atoms with Gasteiger partial charge in [0.2, 0.25) is 0 Å². The van der Waals surface area contributed by atoms with Crippen LogP contribution in [0.3, 0.4) is 0 Å². The Morgan fingerprint density at radius 2 is 0.721 bits per heavy atom. The maximum absolute atomic E-state index is 5.20. The smallest absolute Gasteiger partial charge is 0.0979 e. The molecule has 2 aromatic heterocycles. The molecule has 0 bridgehead atoms. The Bertz CT molecular complexity index is 3590. The van der Waals surface area contributed by atoms with Crippen molar-refractivity contribution in [2.45, 2.75) is 0 Å². The molecule has 284 valence electrons. The molecule has 0 N–H and O–H groups in total. The number of para-hydroxylation sites is 2. The van der Waals surface area contributed by atoms with Crippen molar-refractivity contribution in [3.05, 3.63) is 225 Å². The first-order valence-corrected chi connectivity index (χ1v) is 20.8. The first kappa shape index (κ1) is 34.9. The van der Waals surface area contributed by atoms with Gasteiger partial charge in [-0.3, -0.25) is 4.98 Å². The summed E-state index contributed by atoms with van der Waals surface area (Å²) in [5.74, 6) is 0. The van der Waals surface area contributed by atoms with Gasteiger partial charge in [0.05, 0.1) is 34.0 Å². The molecule has 0 spiro atoms. The lowest BCUT2D eigenvalue weighted by atomic mass is 9.95. The van der Waals surface area contributed by atoms with Gasteiger partial charge in [0.1, 0.15) is 0 Å². The second kappa shape index (κ2) is 14.3. The highest BCUT2D eigenvalue weighted by Gasteiger charge is 2.15. The van der Waals surface area contributed by atoms with Crippen molar-refractivity contribution >= 4 is 54.4 Å². The van der Waals surface area contributed by atoms with E-state index in [9.17, 15) is 0 Å². The molecule has 0 fully saturated rings. The van der Waals surface area contributed by atoms with E-state index >= 15 is 0 Å². The molecule has 12 rings (SSSR count). The number of fused-ring (bicyclic) bond motifs is 9. The van der Waals surface area contributed by atoms with E-state index in [1.54, 1.807) is 0 Å². The second-order valence-corrected chi connectivity index (χ2v) is 15.8. The first-order valence-electron chi connectivity index (χ1n) is 20.8. The van der Waals surface area contributed by atoms with Gasteiger partial charge in [-0.05, 0) is 91.7 Å². The predicted octanol–water partition coefficient (Wildman–Crippen LogP) is 15.4. The molecule has 0 aliphatic carbocycles. The van der Waals surface area contributed by atoms with Crippen LogP contribution in [0.25, 0.3) is 116 Å². The normalized spacial score (nSPS) is 11.6. The number of hydrogen-bond donors (Lipinski definition) is 0. The second-order valence-electron chi connectivity index (χ2n) is 15.8. The van der Waals surface area contributed by atoms with E-state index in [4.69, 9.17) is 9.97 Å². The quantitative estimate of drug-likeness (QED) is 0.158. The molecule has 0 aliphatic heterocycles. The van der Waals surface area contributed by atoms with Crippen molar-refractivity contribution in [1.82, 2.24) is 14.5 Å². The maximum Gasteiger partial charge on any atom is 0.0979 e. The van der Waals surface area contributed by atoms with Gasteiger partial charge in [0.25, 0.3) is 0 Å². The Morgan fingerprint density at radius 3 is 1.33 bits per heavy atom. The van der Waals surface area contributed by atoms with Crippen LogP contribution in [0, 0.1) is 0 Å². The minimum atomic E-state index is 0.867. The average molecular weight is 776 g/mol. The Balaban J connectivity index is 0.824. The van der Waals surface area contributed by atoms with Gasteiger partial charge in [-0.1, -0.05) is 182 Å². The van der Waals surface area contributed by atoms with Crippen LogP contribution in [0.5, 0.6) is 0 Å². The third kappa shape index (κ3) is 5.98. The zero-order chi connectivity index (χ0) is 40.3. The van der Waals surface area contributed by atoms with Crippen LogP contribution in [0.1, 0.15) is 0 Å². The van der Waals surface area contributed by atoms with Crippen LogP contribution >= 0.6 is 0 Å². The third-order valence-corrected chi connectivity index (χ3v) is 12.2. The van der Waals surface area contributed by atoms with E-state index in [1.165, 1.54) is 77.2 Å². The number of benzene rings is 10. The lowest BCUT2D eigenvalue weighted by Gasteiger charge is -2.11. The lowest BCUT2D eigenvalue weighted by Crippen LogP contribution is -1.93. The molecule has 0 saturated carbocycles. The molecule has 10 aromatic carbocycles. The fourth-order valence-electron chi connectivity index (χ4n) is 9.21. The van der Waals surface area contributed by atoms with Gasteiger partial charge in [0.15, 0.2) is 0 Å². The van der Waals surface area contributed by atoms with Crippen molar-refractivity contribution in [2.75, 3.05) is 0 Å². The summed E-state index contributed by atoms with van der Waals surface area (Å²) in [6.45, 7) is 0. The number of aromatic nitrogens is 3. The molecule has 0 aliphatic rings. The molecule has 0 amide bonds. The van der Waals surface area contributed by atoms with E-state index < -0.39 is 0 Å². The van der Waals surface area contributed by atoms with E-state index in [2.05, 4.69) is 223 Å². The lowest BCUT2D eigenvalue weighted by molar-refractivity contribution is 1.18. The van der Waals surface area contributed by atoms with Gasteiger partial charge in [-0.15, -0.1) is 0 Å². The summed E-state index contributed by atoms with van der Waals surface area (Å²) < 4.78 is 2.38. The van der Waals surface area contributed by atoms with Gasteiger partial charge in [-0.25, -0.2) is 4.98 Å². The number of rotatable bonds is 6. The fourth-order valence-corrected chi connectivity index (χ4v) is 9.21. The summed E-state index contributed by atoms with van der Waals surface area (Å²) in [5.41, 5.74) is 16.8. The Hall–Kier alpha value is -8.14. The molecule has 0 radical (unpaired) electrons. The van der Waals surface area contributed by atoms with Crippen LogP contribution in [-0.2, 0) is 0 Å². The molecule has 61 heavy (non-hydrogen) atoms. The van der Waals surface area contributed by atoms with Crippen molar-refractivity contribution in [2.24, 2.45) is 0 Å². The number of nitrogens with zero attached hydrogens (tertiary/aromatic N) is 3. The van der Waals surface area contributed by atoms with E-state index in [0.717, 1.165) is 38.6 Å². The summed E-state index contributed by atoms with van der Waals surface area (Å²) in [6.07, 6.45) is 1.91. The number of hydrogen-bond acceptors (Lipinski definition) is 2. The topological polar surface area (TPSA) is 30.7 Å². The van der Waals surface area contributed by atoms with Gasteiger partial charge in [-0.2, -0.15) is 0 Å². The Labute approximate surface area is 353 Å². The molecule has 3 heteroatoms. The Kier molecular flexibility index (Phi) is 8.17. The molecule has 0 unspecified atom stereocenters. The van der Waals surface area contributed by atoms with E-state index in [0.29, 0.717) is 0 Å². The van der Waals surface area contributed by atoms with Gasteiger partial charge in [0, 0.05) is 32.8 Å². The van der Waals surface area contributed by atoms with Crippen molar-refractivity contribution in [3.63, 3.8) is 0 Å². The zero-order valence-electron chi connectivity index (χ0n) is 33.2. The van der Waals surface area contributed by atoms with Crippen molar-refractivity contribution in [1.29, 1.82) is 0 Å². The highest BCUT2D eigenvalue weighted by molar-refractivity contribution is 6.23. The highest BCUT2D eigenvalue weighted by atomic mass is 15.0. The van der Waals surface area contributed by atoms with Crippen LogP contribution < -0.4 is 0 Å². The predicted molar refractivity (Wildman–Crippen MR) is 256 cm³/mol. The van der Waals surface area contributed by atoms with Gasteiger partial charge < -0.3 is 4.57 Å². The van der Waals surface area contributed by atoms with Crippen LogP contribution in [0.4, 0.5) is 0 Å². The SMILES string of the molecule is c1ccc(-n2c3ccccc3c3ccc(-c4ccc(-c5cccc(-c6cccc(-c7ccc(-c8cnc9c%10ccccc%10c%10ccccc%10c9n8)cc7)c6)c5)cc4)cc32)cc1. The first-order chi connectivity index (χ1) is 30.2. The van der Waals surface area contributed by atoms with Gasteiger partial charge >= 0.3 is 0 Å². The van der Waals surface area contributed by atoms with Crippen LogP contribution in [-0.4, -0.2) is 14.5 Å². The van der Waals surface area contributed by atoms with Crippen molar-refractivity contribution in [3.8, 4) is 61.5 Å². The standard InChI is InChI=1S/C58H37N3/c1-2-16-47(17-3-1)61-55-23-9-8-20-50(55)51-33-32-46(36-56(51)61)40-26-24-38(25-27-40)42-12-10-14-44(34-42)45-15-11-13-43(35-45)39-28-30-41(31-29-39)54-37-59-57-52-21-6-4-18-48(52)49-19-5-7-22-53(49)58(57)60-54/h1-37H. The summed E-state index contributed by atoms with van der Waals surface area (Å²) in [4.78, 5) is 10.2. The molecular weight excluding hydrogens is 739 g/mol. The average Bonchev–Trinajstić information content (AvgIpc) is 3.68. The zero-order valence-corrected chi connectivity index (χ0v) is 33.2. The molecule has 12 aromatic rings. The van der Waals surface area contributed by atoms with Crippen molar-refractivity contribution < 1.29 is 0 Å². The van der Waals surface area contributed by atoms with Crippen LogP contribution in [0.15, 0.2) is 225 Å². The minimum absolute atomic E-state index is 0.867. The summed E-state index contributed by atoms with van der Waals surface area (Å²) in [7, 11) is 0. The fraction of sp³-hybridized carbons (Fsp3) is 0. The summed E-state index contributed by atoms with van der Waals surface area (Å²) in [6, 6.07) is 78.5. The summed E-state index contributed by atoms with van der Waals surface area (Å²) >= 11 is 0. The van der Waals surface area contributed by atoms with E-state index in [-0.39, 0.29) is 0 Å². The highest BCUT2D eigenvalue weighted by Crippen LogP contribution is 2.37. The largest absolute Gasteiger partial charge is 0.309 e. The van der Waals surface area contributed by atoms with Crippen LogP contribution in [0.2, 0.25) is 0 Å². The molecule has 3 nitrogen and oxygen atoms in total. The monoisotopic (exact) mass is 775 g/mol. The maximum atomic E-state index is 5.20. The molecule has 0 atom stereocenters. The van der Waals surface area contributed by atoms with E-state index in [1.807, 2.05) is 6.20 Å². The molecule has 0 saturated heterocycles. The summed E-state index contributed by atoms with van der Waals surface area (Å²) in [5, 5.41) is 7.18. The molecular formula is C58H37N3.